The average Bonchev–Trinajstić information content (AvgIpc) is 2.96. The van der Waals surface area contributed by atoms with Gasteiger partial charge in [0.1, 0.15) is 4.83 Å². The molecule has 1 fully saturated rings. The van der Waals surface area contributed by atoms with E-state index in [-0.39, 0.29) is 5.56 Å². The molecule has 0 atom stereocenters. The molecule has 0 spiro atoms. The maximum Gasteiger partial charge on any atom is 0.262 e. The molecule has 1 aliphatic carbocycles. The van der Waals surface area contributed by atoms with Crippen LogP contribution in [0.15, 0.2) is 22.6 Å². The highest BCUT2D eigenvalue weighted by molar-refractivity contribution is 7.16. The van der Waals surface area contributed by atoms with Crippen molar-refractivity contribution in [3.63, 3.8) is 0 Å². The molecule has 3 rings (SSSR count). The molecule has 5 heteroatoms. The van der Waals surface area contributed by atoms with Crippen molar-refractivity contribution >= 4 is 21.6 Å². The fourth-order valence-corrected chi connectivity index (χ4v) is 3.67. The highest BCUT2D eigenvalue weighted by atomic mass is 32.1. The van der Waals surface area contributed by atoms with Gasteiger partial charge in [-0.2, -0.15) is 0 Å². The molecule has 2 aromatic heterocycles. The number of hydrogen-bond donors (Lipinski definition) is 1. The second-order valence-electron chi connectivity index (χ2n) is 5.59. The summed E-state index contributed by atoms with van der Waals surface area (Å²) in [5.41, 5.74) is 0.0794. The van der Waals surface area contributed by atoms with Gasteiger partial charge in [-0.1, -0.05) is 19.3 Å². The molecule has 2 heterocycles. The van der Waals surface area contributed by atoms with Crippen LogP contribution in [0.25, 0.3) is 10.2 Å². The molecule has 20 heavy (non-hydrogen) atoms. The molecule has 2 aromatic rings. The zero-order chi connectivity index (χ0) is 13.8. The Hall–Kier alpha value is -1.20. The van der Waals surface area contributed by atoms with E-state index in [9.17, 15) is 4.79 Å². The van der Waals surface area contributed by atoms with Crippen LogP contribution in [0.4, 0.5) is 0 Å². The fourth-order valence-electron chi connectivity index (χ4n) is 2.95. The van der Waals surface area contributed by atoms with E-state index in [1.54, 1.807) is 10.9 Å². The predicted molar refractivity (Wildman–Crippen MR) is 83.3 cm³/mol. The lowest BCUT2D eigenvalue weighted by atomic mass is 9.89. The van der Waals surface area contributed by atoms with Crippen molar-refractivity contribution < 1.29 is 0 Å². The first-order chi connectivity index (χ1) is 9.84. The first-order valence-corrected chi connectivity index (χ1v) is 8.36. The van der Waals surface area contributed by atoms with Gasteiger partial charge in [-0.3, -0.25) is 9.36 Å². The molecular weight excluding hydrogens is 270 g/mol. The number of hydrogen-bond acceptors (Lipinski definition) is 4. The van der Waals surface area contributed by atoms with E-state index < -0.39 is 0 Å². The number of nitrogens with one attached hydrogen (secondary N) is 1. The molecule has 1 N–H and O–H groups in total. The quantitative estimate of drug-likeness (QED) is 0.861. The van der Waals surface area contributed by atoms with Gasteiger partial charge in [0, 0.05) is 13.1 Å². The average molecular weight is 291 g/mol. The third kappa shape index (κ3) is 3.10. The number of nitrogens with zero attached hydrogens (tertiary/aromatic N) is 2. The first-order valence-electron chi connectivity index (χ1n) is 7.48. The van der Waals surface area contributed by atoms with Gasteiger partial charge in [-0.25, -0.2) is 4.98 Å². The van der Waals surface area contributed by atoms with E-state index in [0.717, 1.165) is 29.2 Å². The number of thiophene rings is 1. The number of rotatable bonds is 5. The van der Waals surface area contributed by atoms with Crippen LogP contribution in [-0.2, 0) is 6.54 Å². The van der Waals surface area contributed by atoms with E-state index >= 15 is 0 Å². The van der Waals surface area contributed by atoms with Crippen molar-refractivity contribution in [1.82, 2.24) is 14.9 Å². The van der Waals surface area contributed by atoms with Crippen LogP contribution in [0.5, 0.6) is 0 Å². The number of fused-ring (bicyclic) bond motifs is 1. The monoisotopic (exact) mass is 291 g/mol. The molecule has 0 radical (unpaired) electrons. The molecule has 0 unspecified atom stereocenters. The molecule has 0 aromatic carbocycles. The van der Waals surface area contributed by atoms with Crippen LogP contribution >= 0.6 is 11.3 Å². The molecule has 1 saturated carbocycles. The summed E-state index contributed by atoms with van der Waals surface area (Å²) in [6.07, 6.45) is 8.54. The predicted octanol–water partition coefficient (Wildman–Crippen LogP) is 2.63. The van der Waals surface area contributed by atoms with Crippen LogP contribution in [0.3, 0.4) is 0 Å². The van der Waals surface area contributed by atoms with Crippen LogP contribution in [0.1, 0.15) is 32.1 Å². The number of aromatic nitrogens is 2. The largest absolute Gasteiger partial charge is 0.315 e. The van der Waals surface area contributed by atoms with E-state index in [4.69, 9.17) is 0 Å². The van der Waals surface area contributed by atoms with E-state index in [2.05, 4.69) is 10.3 Å². The van der Waals surface area contributed by atoms with Gasteiger partial charge in [0.05, 0.1) is 11.7 Å². The summed E-state index contributed by atoms with van der Waals surface area (Å²) in [4.78, 5) is 17.3. The van der Waals surface area contributed by atoms with Crippen molar-refractivity contribution in [1.29, 1.82) is 0 Å². The smallest absolute Gasteiger partial charge is 0.262 e. The summed E-state index contributed by atoms with van der Waals surface area (Å²) in [7, 11) is 0. The SMILES string of the molecule is O=c1c2ccsc2ncn1CCNCC1CCCCC1. The van der Waals surface area contributed by atoms with E-state index in [0.29, 0.717) is 6.54 Å². The summed E-state index contributed by atoms with van der Waals surface area (Å²) in [6, 6.07) is 1.86. The summed E-state index contributed by atoms with van der Waals surface area (Å²) in [5.74, 6) is 0.831. The Morgan fingerprint density at radius 2 is 2.20 bits per heavy atom. The topological polar surface area (TPSA) is 46.9 Å². The first kappa shape index (κ1) is 13.8. The van der Waals surface area contributed by atoms with Crippen LogP contribution in [0, 0.1) is 5.92 Å². The van der Waals surface area contributed by atoms with Crippen molar-refractivity contribution in [2.24, 2.45) is 5.92 Å². The molecule has 0 amide bonds. The standard InChI is InChI=1S/C15H21N3OS/c19-15-13-6-9-20-14(13)17-11-18(15)8-7-16-10-12-4-2-1-3-5-12/h6,9,11-12,16H,1-5,7-8,10H2. The molecule has 108 valence electrons. The highest BCUT2D eigenvalue weighted by Crippen LogP contribution is 2.22. The molecule has 0 bridgehead atoms. The Morgan fingerprint density at radius 3 is 3.05 bits per heavy atom. The zero-order valence-corrected chi connectivity index (χ0v) is 12.5. The second kappa shape index (κ2) is 6.50. The van der Waals surface area contributed by atoms with Gasteiger partial charge in [0.25, 0.3) is 5.56 Å². The minimum Gasteiger partial charge on any atom is -0.315 e. The minimum absolute atomic E-state index is 0.0794. The Balaban J connectivity index is 1.52. The van der Waals surface area contributed by atoms with Gasteiger partial charge in [0.15, 0.2) is 0 Å². The van der Waals surface area contributed by atoms with Gasteiger partial charge >= 0.3 is 0 Å². The third-order valence-electron chi connectivity index (χ3n) is 4.14. The van der Waals surface area contributed by atoms with Crippen molar-refractivity contribution in [2.75, 3.05) is 13.1 Å². The summed E-state index contributed by atoms with van der Waals surface area (Å²) >= 11 is 1.52. The second-order valence-corrected chi connectivity index (χ2v) is 6.49. The Bertz CT molecular complexity index is 613. The van der Waals surface area contributed by atoms with Gasteiger partial charge in [0.2, 0.25) is 0 Å². The zero-order valence-electron chi connectivity index (χ0n) is 11.7. The normalized spacial score (nSPS) is 16.8. The Kier molecular flexibility index (Phi) is 4.47. The lowest BCUT2D eigenvalue weighted by Gasteiger charge is -2.21. The lowest BCUT2D eigenvalue weighted by Crippen LogP contribution is -2.30. The van der Waals surface area contributed by atoms with Gasteiger partial charge in [-0.05, 0) is 36.8 Å². The molecule has 0 aliphatic heterocycles. The lowest BCUT2D eigenvalue weighted by molar-refractivity contribution is 0.340. The molecule has 0 saturated heterocycles. The summed E-state index contributed by atoms with van der Waals surface area (Å²) < 4.78 is 1.71. The van der Waals surface area contributed by atoms with Crippen LogP contribution in [0.2, 0.25) is 0 Å². The fraction of sp³-hybridized carbons (Fsp3) is 0.600. The molecule has 1 aliphatic rings. The summed E-state index contributed by atoms with van der Waals surface area (Å²) in [6.45, 7) is 2.63. The Morgan fingerprint density at radius 1 is 1.35 bits per heavy atom. The van der Waals surface area contributed by atoms with E-state index in [1.165, 1.54) is 43.4 Å². The maximum atomic E-state index is 12.2. The van der Waals surface area contributed by atoms with Crippen molar-refractivity contribution in [3.05, 3.63) is 28.1 Å². The summed E-state index contributed by atoms with van der Waals surface area (Å²) in [5, 5.41) is 6.15. The highest BCUT2D eigenvalue weighted by Gasteiger charge is 2.12. The van der Waals surface area contributed by atoms with Gasteiger partial charge < -0.3 is 5.32 Å². The van der Waals surface area contributed by atoms with Gasteiger partial charge in [-0.15, -0.1) is 11.3 Å². The van der Waals surface area contributed by atoms with E-state index in [1.807, 2.05) is 11.4 Å². The Labute approximate surface area is 122 Å². The van der Waals surface area contributed by atoms with Crippen LogP contribution < -0.4 is 10.9 Å². The van der Waals surface area contributed by atoms with Crippen molar-refractivity contribution in [3.8, 4) is 0 Å². The minimum atomic E-state index is 0.0794. The van der Waals surface area contributed by atoms with Crippen LogP contribution in [-0.4, -0.2) is 22.6 Å². The maximum absolute atomic E-state index is 12.2. The van der Waals surface area contributed by atoms with Crippen molar-refractivity contribution in [2.45, 2.75) is 38.6 Å². The third-order valence-corrected chi connectivity index (χ3v) is 4.96. The molecular formula is C15H21N3OS. The molecule has 4 nitrogen and oxygen atoms in total.